The second kappa shape index (κ2) is 8.02. The van der Waals surface area contributed by atoms with Crippen LogP contribution in [0, 0.1) is 0 Å². The van der Waals surface area contributed by atoms with Crippen LogP contribution < -0.4 is 15.8 Å². The molecular formula is C15H20IN5O. The first-order valence-electron chi connectivity index (χ1n) is 7.08. The molecule has 0 bridgehead atoms. The number of hydrogen-bond acceptors (Lipinski definition) is 3. The fraction of sp³-hybridized carbons (Fsp3) is 0.333. The average molecular weight is 413 g/mol. The van der Waals surface area contributed by atoms with Crippen LogP contribution in [0.5, 0.6) is 5.75 Å². The van der Waals surface area contributed by atoms with Crippen molar-refractivity contribution in [1.29, 1.82) is 0 Å². The second-order valence-corrected chi connectivity index (χ2v) is 4.91. The van der Waals surface area contributed by atoms with Crippen LogP contribution in [0.2, 0.25) is 0 Å². The van der Waals surface area contributed by atoms with Crippen molar-refractivity contribution in [2.24, 2.45) is 10.7 Å². The second-order valence-electron chi connectivity index (χ2n) is 4.91. The predicted octanol–water partition coefficient (Wildman–Crippen LogP) is 1.93. The molecule has 0 fully saturated rings. The molecule has 3 rings (SSSR count). The molecule has 0 aliphatic carbocycles. The molecule has 0 radical (unpaired) electrons. The lowest BCUT2D eigenvalue weighted by Crippen LogP contribution is -2.37. The van der Waals surface area contributed by atoms with Crippen LogP contribution >= 0.6 is 24.0 Å². The molecule has 1 aromatic heterocycles. The van der Waals surface area contributed by atoms with Crippen molar-refractivity contribution in [3.8, 4) is 5.75 Å². The van der Waals surface area contributed by atoms with E-state index in [9.17, 15) is 0 Å². The summed E-state index contributed by atoms with van der Waals surface area (Å²) in [6.07, 6.45) is 4.55. The zero-order valence-corrected chi connectivity index (χ0v) is 14.5. The third-order valence-electron chi connectivity index (χ3n) is 3.45. The van der Waals surface area contributed by atoms with E-state index in [0.717, 1.165) is 24.3 Å². The number of guanidine groups is 1. The maximum atomic E-state index is 5.97. The number of halogens is 1. The summed E-state index contributed by atoms with van der Waals surface area (Å²) in [5.41, 5.74) is 7.10. The zero-order valence-electron chi connectivity index (χ0n) is 12.2. The standard InChI is InChI=1S/C15H19N5O.HI/c16-15(17-8-10-20-9-3-7-18-20)19-13-6-11-21-14-5-2-1-4-12(13)14;/h1-5,7,9,13H,6,8,10-11H2,(H3,16,17,19);1H. The van der Waals surface area contributed by atoms with Gasteiger partial charge in [-0.1, -0.05) is 18.2 Å². The van der Waals surface area contributed by atoms with Gasteiger partial charge in [0.25, 0.3) is 0 Å². The number of nitrogens with two attached hydrogens (primary N) is 1. The first-order valence-corrected chi connectivity index (χ1v) is 7.08. The van der Waals surface area contributed by atoms with E-state index >= 15 is 0 Å². The van der Waals surface area contributed by atoms with Gasteiger partial charge < -0.3 is 15.8 Å². The number of hydrogen-bond donors (Lipinski definition) is 2. The minimum absolute atomic E-state index is 0. The van der Waals surface area contributed by atoms with E-state index in [1.54, 1.807) is 6.20 Å². The number of nitrogens with one attached hydrogen (secondary N) is 1. The van der Waals surface area contributed by atoms with E-state index in [-0.39, 0.29) is 30.0 Å². The van der Waals surface area contributed by atoms with E-state index < -0.39 is 0 Å². The summed E-state index contributed by atoms with van der Waals surface area (Å²) in [5, 5.41) is 7.40. The van der Waals surface area contributed by atoms with Gasteiger partial charge >= 0.3 is 0 Å². The first kappa shape index (κ1) is 16.6. The van der Waals surface area contributed by atoms with Crippen molar-refractivity contribution < 1.29 is 4.74 Å². The maximum absolute atomic E-state index is 5.97. The van der Waals surface area contributed by atoms with E-state index in [0.29, 0.717) is 19.1 Å². The summed E-state index contributed by atoms with van der Waals surface area (Å²) in [6, 6.07) is 10.1. The molecule has 7 heteroatoms. The molecule has 118 valence electrons. The predicted molar refractivity (Wildman–Crippen MR) is 96.6 cm³/mol. The van der Waals surface area contributed by atoms with Gasteiger partial charge in [0.15, 0.2) is 5.96 Å². The topological polar surface area (TPSA) is 77.5 Å². The molecular weight excluding hydrogens is 393 g/mol. The zero-order chi connectivity index (χ0) is 14.5. The minimum atomic E-state index is 0. The molecule has 0 amide bonds. The highest BCUT2D eigenvalue weighted by molar-refractivity contribution is 14.0. The van der Waals surface area contributed by atoms with Gasteiger partial charge in [-0.15, -0.1) is 24.0 Å². The van der Waals surface area contributed by atoms with Gasteiger partial charge in [-0.3, -0.25) is 9.67 Å². The summed E-state index contributed by atoms with van der Waals surface area (Å²) in [5.74, 6) is 1.38. The van der Waals surface area contributed by atoms with Crippen molar-refractivity contribution in [2.75, 3.05) is 13.2 Å². The highest BCUT2D eigenvalue weighted by Gasteiger charge is 2.20. The van der Waals surface area contributed by atoms with Gasteiger partial charge in [-0.25, -0.2) is 0 Å². The van der Waals surface area contributed by atoms with Crippen LogP contribution in [0.25, 0.3) is 0 Å². The van der Waals surface area contributed by atoms with E-state index in [2.05, 4.69) is 21.5 Å². The Balaban J connectivity index is 0.00000176. The number of aliphatic imine (C=N–C) groups is 1. The van der Waals surface area contributed by atoms with Crippen LogP contribution in [0.15, 0.2) is 47.7 Å². The van der Waals surface area contributed by atoms with Gasteiger partial charge in [0.2, 0.25) is 0 Å². The number of para-hydroxylation sites is 1. The van der Waals surface area contributed by atoms with Crippen molar-refractivity contribution >= 4 is 29.9 Å². The molecule has 0 saturated heterocycles. The molecule has 2 aromatic rings. The van der Waals surface area contributed by atoms with Gasteiger partial charge in [0.1, 0.15) is 5.75 Å². The van der Waals surface area contributed by atoms with Crippen LogP contribution in [0.4, 0.5) is 0 Å². The van der Waals surface area contributed by atoms with Crippen LogP contribution in [-0.2, 0) is 6.54 Å². The highest BCUT2D eigenvalue weighted by atomic mass is 127. The summed E-state index contributed by atoms with van der Waals surface area (Å²) < 4.78 is 7.47. The molecule has 1 aromatic carbocycles. The Morgan fingerprint density at radius 1 is 1.41 bits per heavy atom. The molecule has 1 atom stereocenters. The number of nitrogens with zero attached hydrogens (tertiary/aromatic N) is 3. The molecule has 1 unspecified atom stereocenters. The molecule has 0 saturated carbocycles. The number of rotatable bonds is 4. The van der Waals surface area contributed by atoms with E-state index in [4.69, 9.17) is 10.5 Å². The quantitative estimate of drug-likeness (QED) is 0.456. The summed E-state index contributed by atoms with van der Waals surface area (Å²) in [6.45, 7) is 2.01. The Bertz CT molecular complexity index is 614. The first-order chi connectivity index (χ1) is 10.3. The van der Waals surface area contributed by atoms with Crippen molar-refractivity contribution in [3.63, 3.8) is 0 Å². The fourth-order valence-electron chi connectivity index (χ4n) is 2.42. The van der Waals surface area contributed by atoms with Gasteiger partial charge in [0.05, 0.1) is 25.7 Å². The minimum Gasteiger partial charge on any atom is -0.493 e. The van der Waals surface area contributed by atoms with Gasteiger partial charge in [-0.05, 0) is 12.1 Å². The third-order valence-corrected chi connectivity index (χ3v) is 3.45. The van der Waals surface area contributed by atoms with Crippen LogP contribution in [0.3, 0.4) is 0 Å². The molecule has 3 N–H and O–H groups in total. The van der Waals surface area contributed by atoms with E-state index in [1.165, 1.54) is 0 Å². The number of benzene rings is 1. The molecule has 0 spiro atoms. The number of ether oxygens (including phenoxy) is 1. The lowest BCUT2D eigenvalue weighted by molar-refractivity contribution is 0.262. The Labute approximate surface area is 146 Å². The molecule has 2 heterocycles. The lowest BCUT2D eigenvalue weighted by Gasteiger charge is -2.26. The van der Waals surface area contributed by atoms with Gasteiger partial charge in [0, 0.05) is 24.4 Å². The Morgan fingerprint density at radius 3 is 3.09 bits per heavy atom. The maximum Gasteiger partial charge on any atom is 0.189 e. The van der Waals surface area contributed by atoms with Crippen molar-refractivity contribution in [3.05, 3.63) is 48.3 Å². The van der Waals surface area contributed by atoms with Crippen LogP contribution in [0.1, 0.15) is 18.0 Å². The monoisotopic (exact) mass is 413 g/mol. The Kier molecular flexibility index (Phi) is 6.05. The molecule has 1 aliphatic heterocycles. The third kappa shape index (κ3) is 4.12. The molecule has 22 heavy (non-hydrogen) atoms. The smallest absolute Gasteiger partial charge is 0.189 e. The molecule has 1 aliphatic rings. The summed E-state index contributed by atoms with van der Waals surface area (Å²) in [7, 11) is 0. The fourth-order valence-corrected chi connectivity index (χ4v) is 2.42. The van der Waals surface area contributed by atoms with Crippen molar-refractivity contribution in [1.82, 2.24) is 15.1 Å². The van der Waals surface area contributed by atoms with Crippen molar-refractivity contribution in [2.45, 2.75) is 19.0 Å². The Hall–Kier alpha value is -1.77. The Morgan fingerprint density at radius 2 is 2.27 bits per heavy atom. The SMILES string of the molecule is I.NC(=NCCn1cccn1)NC1CCOc2ccccc21. The number of fused-ring (bicyclic) bond motifs is 1. The van der Waals surface area contributed by atoms with Gasteiger partial charge in [-0.2, -0.15) is 5.10 Å². The largest absolute Gasteiger partial charge is 0.493 e. The highest BCUT2D eigenvalue weighted by Crippen LogP contribution is 2.31. The average Bonchev–Trinajstić information content (AvgIpc) is 3.01. The summed E-state index contributed by atoms with van der Waals surface area (Å²) >= 11 is 0. The normalized spacial score (nSPS) is 17.1. The lowest BCUT2D eigenvalue weighted by atomic mass is 10.0. The molecule has 6 nitrogen and oxygen atoms in total. The number of aromatic nitrogens is 2. The van der Waals surface area contributed by atoms with Crippen LogP contribution in [-0.4, -0.2) is 28.9 Å². The summed E-state index contributed by atoms with van der Waals surface area (Å²) in [4.78, 5) is 4.35. The van der Waals surface area contributed by atoms with E-state index in [1.807, 2.05) is 35.1 Å².